The fourth-order valence-electron chi connectivity index (χ4n) is 3.88. The molecule has 1 atom stereocenters. The summed E-state index contributed by atoms with van der Waals surface area (Å²) in [6, 6.07) is 16.2. The van der Waals surface area contributed by atoms with Crippen LogP contribution in [0, 0.1) is 5.82 Å². The smallest absolute Gasteiger partial charge is 0.128 e. The van der Waals surface area contributed by atoms with Crippen LogP contribution in [0.1, 0.15) is 35.6 Å². The molecule has 0 spiro atoms. The van der Waals surface area contributed by atoms with Gasteiger partial charge in [0, 0.05) is 36.7 Å². The molecule has 1 heterocycles. The van der Waals surface area contributed by atoms with Crippen molar-refractivity contribution >= 4 is 0 Å². The van der Waals surface area contributed by atoms with E-state index in [4.69, 9.17) is 5.73 Å². The Morgan fingerprint density at radius 3 is 2.55 bits per heavy atom. The molecule has 1 aliphatic carbocycles. The maximum atomic E-state index is 14.1. The van der Waals surface area contributed by atoms with E-state index >= 15 is 0 Å². The molecule has 4 rings (SSSR count). The van der Waals surface area contributed by atoms with Crippen molar-refractivity contribution in [2.24, 2.45) is 5.73 Å². The Labute approximate surface area is 130 Å². The van der Waals surface area contributed by atoms with Gasteiger partial charge in [0.05, 0.1) is 0 Å². The van der Waals surface area contributed by atoms with Crippen molar-refractivity contribution in [3.05, 3.63) is 71.0 Å². The highest BCUT2D eigenvalue weighted by molar-refractivity contribution is 5.37. The normalized spacial score (nSPS) is 22.5. The Morgan fingerprint density at radius 1 is 1.09 bits per heavy atom. The highest BCUT2D eigenvalue weighted by Gasteiger charge is 2.47. The van der Waals surface area contributed by atoms with Crippen LogP contribution >= 0.6 is 0 Å². The van der Waals surface area contributed by atoms with Gasteiger partial charge in [-0.1, -0.05) is 42.5 Å². The van der Waals surface area contributed by atoms with E-state index in [1.807, 2.05) is 6.07 Å². The molecule has 114 valence electrons. The van der Waals surface area contributed by atoms with Gasteiger partial charge in [-0.25, -0.2) is 4.39 Å². The first kappa shape index (κ1) is 13.9. The van der Waals surface area contributed by atoms with Gasteiger partial charge in [0.15, 0.2) is 0 Å². The lowest BCUT2D eigenvalue weighted by Crippen LogP contribution is -2.34. The Bertz CT molecular complexity index is 679. The van der Waals surface area contributed by atoms with Gasteiger partial charge in [0.1, 0.15) is 5.82 Å². The van der Waals surface area contributed by atoms with E-state index < -0.39 is 0 Å². The number of rotatable bonds is 4. The molecule has 3 heteroatoms. The Hall–Kier alpha value is -1.71. The Morgan fingerprint density at radius 2 is 1.86 bits per heavy atom. The van der Waals surface area contributed by atoms with Crippen molar-refractivity contribution in [2.45, 2.75) is 30.8 Å². The second kappa shape index (κ2) is 5.18. The second-order valence-electron chi connectivity index (χ2n) is 6.61. The fourth-order valence-corrected chi connectivity index (χ4v) is 3.88. The van der Waals surface area contributed by atoms with Crippen LogP contribution in [0.4, 0.5) is 4.39 Å². The van der Waals surface area contributed by atoms with E-state index in [-0.39, 0.29) is 17.3 Å². The maximum absolute atomic E-state index is 14.1. The highest BCUT2D eigenvalue weighted by atomic mass is 19.1. The molecule has 0 saturated heterocycles. The number of halogens is 1. The predicted octanol–water partition coefficient (Wildman–Crippen LogP) is 3.37. The molecule has 1 aliphatic heterocycles. The fraction of sp³-hybridized carbons (Fsp3) is 0.368. The van der Waals surface area contributed by atoms with E-state index in [1.54, 1.807) is 12.1 Å². The zero-order valence-electron chi connectivity index (χ0n) is 12.6. The summed E-state index contributed by atoms with van der Waals surface area (Å²) in [4.78, 5) is 2.37. The zero-order chi connectivity index (χ0) is 15.2. The third-order valence-electron chi connectivity index (χ3n) is 5.28. The van der Waals surface area contributed by atoms with Crippen LogP contribution in [0.5, 0.6) is 0 Å². The summed E-state index contributed by atoms with van der Waals surface area (Å²) < 4.78 is 14.1. The molecule has 2 nitrogen and oxygen atoms in total. The largest absolute Gasteiger partial charge is 0.329 e. The Balaban J connectivity index is 1.61. The van der Waals surface area contributed by atoms with Crippen LogP contribution in [-0.4, -0.2) is 18.0 Å². The molecule has 0 amide bonds. The molecular formula is C19H21FN2. The lowest BCUT2D eigenvalue weighted by molar-refractivity contribution is 0.198. The minimum Gasteiger partial charge on any atom is -0.329 e. The molecule has 2 N–H and O–H groups in total. The van der Waals surface area contributed by atoms with E-state index in [2.05, 4.69) is 35.2 Å². The molecule has 0 bridgehead atoms. The van der Waals surface area contributed by atoms with E-state index in [9.17, 15) is 4.39 Å². The van der Waals surface area contributed by atoms with E-state index in [1.165, 1.54) is 18.4 Å². The van der Waals surface area contributed by atoms with Gasteiger partial charge in [-0.15, -0.1) is 0 Å². The van der Waals surface area contributed by atoms with Gasteiger partial charge in [0.25, 0.3) is 0 Å². The van der Waals surface area contributed by atoms with Crippen LogP contribution < -0.4 is 5.73 Å². The number of hydrogen-bond donors (Lipinski definition) is 1. The van der Waals surface area contributed by atoms with E-state index in [0.717, 1.165) is 17.7 Å². The molecule has 2 aromatic rings. The van der Waals surface area contributed by atoms with Gasteiger partial charge in [-0.2, -0.15) is 0 Å². The van der Waals surface area contributed by atoms with Gasteiger partial charge in [0.2, 0.25) is 0 Å². The maximum Gasteiger partial charge on any atom is 0.128 e. The van der Waals surface area contributed by atoms with Crippen LogP contribution in [0.2, 0.25) is 0 Å². The van der Waals surface area contributed by atoms with Crippen molar-refractivity contribution in [2.75, 3.05) is 13.1 Å². The molecule has 22 heavy (non-hydrogen) atoms. The first-order valence-electron chi connectivity index (χ1n) is 8.00. The van der Waals surface area contributed by atoms with E-state index in [0.29, 0.717) is 13.1 Å². The molecule has 2 aliphatic rings. The highest BCUT2D eigenvalue weighted by Crippen LogP contribution is 2.50. The minimum atomic E-state index is -0.0944. The average molecular weight is 296 g/mol. The SMILES string of the molecule is NCC1c2cccc(F)c2CN1CC1(c2ccccc2)CC1. The van der Waals surface area contributed by atoms with Crippen LogP contribution in [0.25, 0.3) is 0 Å². The Kier molecular flexibility index (Phi) is 3.28. The summed E-state index contributed by atoms with van der Waals surface area (Å²) >= 11 is 0. The first-order chi connectivity index (χ1) is 10.7. The predicted molar refractivity (Wildman–Crippen MR) is 86.0 cm³/mol. The summed E-state index contributed by atoms with van der Waals surface area (Å²) in [5, 5.41) is 0. The summed E-state index contributed by atoms with van der Waals surface area (Å²) in [5.41, 5.74) is 9.56. The number of hydrogen-bond acceptors (Lipinski definition) is 2. The molecule has 1 fully saturated rings. The third kappa shape index (κ3) is 2.16. The monoisotopic (exact) mass is 296 g/mol. The van der Waals surface area contributed by atoms with Crippen molar-refractivity contribution in [3.63, 3.8) is 0 Å². The first-order valence-corrected chi connectivity index (χ1v) is 8.00. The standard InChI is InChI=1S/C19H21FN2/c20-17-8-4-7-15-16(17)12-22(18(15)11-21)13-19(9-10-19)14-5-2-1-3-6-14/h1-8,18H,9-13,21H2. The number of nitrogens with two attached hydrogens (primary N) is 1. The van der Waals surface area contributed by atoms with Crippen molar-refractivity contribution in [1.82, 2.24) is 4.90 Å². The summed E-state index contributed by atoms with van der Waals surface area (Å²) in [6.07, 6.45) is 2.42. The summed E-state index contributed by atoms with van der Waals surface area (Å²) in [6.45, 7) is 2.19. The number of nitrogens with zero attached hydrogens (tertiary/aromatic N) is 1. The van der Waals surface area contributed by atoms with Gasteiger partial charge in [-0.3, -0.25) is 4.90 Å². The number of benzene rings is 2. The third-order valence-corrected chi connectivity index (χ3v) is 5.28. The van der Waals surface area contributed by atoms with Crippen LogP contribution in [0.3, 0.4) is 0 Å². The van der Waals surface area contributed by atoms with Gasteiger partial charge < -0.3 is 5.73 Å². The average Bonchev–Trinajstić information content (AvgIpc) is 3.23. The van der Waals surface area contributed by atoms with Crippen LogP contribution in [0.15, 0.2) is 48.5 Å². The van der Waals surface area contributed by atoms with Gasteiger partial charge in [-0.05, 0) is 30.0 Å². The molecule has 1 saturated carbocycles. The zero-order valence-corrected chi connectivity index (χ0v) is 12.6. The molecule has 0 radical (unpaired) electrons. The lowest BCUT2D eigenvalue weighted by atomic mass is 9.95. The molecular weight excluding hydrogens is 275 g/mol. The molecule has 1 unspecified atom stereocenters. The van der Waals surface area contributed by atoms with Crippen LogP contribution in [-0.2, 0) is 12.0 Å². The lowest BCUT2D eigenvalue weighted by Gasteiger charge is -2.29. The minimum absolute atomic E-state index is 0.0944. The van der Waals surface area contributed by atoms with Crippen molar-refractivity contribution < 1.29 is 4.39 Å². The van der Waals surface area contributed by atoms with Gasteiger partial charge >= 0.3 is 0 Å². The quantitative estimate of drug-likeness (QED) is 0.937. The molecule has 2 aromatic carbocycles. The second-order valence-corrected chi connectivity index (χ2v) is 6.61. The topological polar surface area (TPSA) is 29.3 Å². The van der Waals surface area contributed by atoms with Crippen molar-refractivity contribution in [3.8, 4) is 0 Å². The number of fused-ring (bicyclic) bond motifs is 1. The summed E-state index contributed by atoms with van der Waals surface area (Å²) in [5.74, 6) is -0.0944. The molecule has 0 aromatic heterocycles. The summed E-state index contributed by atoms with van der Waals surface area (Å²) in [7, 11) is 0. The van der Waals surface area contributed by atoms with Crippen molar-refractivity contribution in [1.29, 1.82) is 0 Å².